The molecule has 0 saturated heterocycles. The summed E-state index contributed by atoms with van der Waals surface area (Å²) in [5.41, 5.74) is 1.96. The third kappa shape index (κ3) is 3.48. The lowest BCUT2D eigenvalue weighted by atomic mass is 10.2. The highest BCUT2D eigenvalue weighted by Gasteiger charge is 2.08. The maximum Gasteiger partial charge on any atom is 0.143 e. The zero-order chi connectivity index (χ0) is 14.0. The number of phenolic OH excluding ortho intramolecular Hbond substituents is 1. The van der Waals surface area contributed by atoms with Crippen molar-refractivity contribution in [3.8, 4) is 5.75 Å². The maximum absolute atomic E-state index is 12.9. The first-order chi connectivity index (χ1) is 8.97. The molecule has 2 aromatic rings. The monoisotopic (exact) mass is 387 g/mol. The Kier molecular flexibility index (Phi) is 4.47. The predicted molar refractivity (Wildman–Crippen MR) is 82.0 cm³/mol. The van der Waals surface area contributed by atoms with Crippen molar-refractivity contribution >= 4 is 37.5 Å². The minimum atomic E-state index is -0.243. The lowest BCUT2D eigenvalue weighted by Crippen LogP contribution is -2.16. The van der Waals surface area contributed by atoms with Gasteiger partial charge in [0, 0.05) is 19.3 Å². The van der Waals surface area contributed by atoms with Crippen molar-refractivity contribution in [1.29, 1.82) is 0 Å². The first kappa shape index (κ1) is 14.3. The van der Waals surface area contributed by atoms with Gasteiger partial charge in [0.05, 0.1) is 8.95 Å². The van der Waals surface area contributed by atoms with Gasteiger partial charge in [-0.1, -0.05) is 0 Å². The van der Waals surface area contributed by atoms with Gasteiger partial charge >= 0.3 is 0 Å². The quantitative estimate of drug-likeness (QED) is 0.824. The molecule has 0 amide bonds. The molecule has 0 atom stereocenters. The van der Waals surface area contributed by atoms with Crippen molar-refractivity contribution in [3.05, 3.63) is 56.7 Å². The van der Waals surface area contributed by atoms with Crippen LogP contribution in [0.3, 0.4) is 0 Å². The Morgan fingerprint density at radius 3 is 2.16 bits per heavy atom. The second-order valence-corrected chi connectivity index (χ2v) is 5.95. The number of phenols is 1. The Hall–Kier alpha value is -1.07. The molecule has 0 spiro atoms. The first-order valence-corrected chi connectivity index (χ1v) is 7.19. The van der Waals surface area contributed by atoms with Crippen LogP contribution in [0.2, 0.25) is 0 Å². The number of nitrogens with zero attached hydrogens (tertiary/aromatic N) is 1. The number of anilines is 1. The van der Waals surface area contributed by atoms with Crippen LogP contribution in [-0.2, 0) is 6.54 Å². The fourth-order valence-electron chi connectivity index (χ4n) is 1.77. The van der Waals surface area contributed by atoms with E-state index in [1.165, 1.54) is 12.1 Å². The van der Waals surface area contributed by atoms with Crippen LogP contribution >= 0.6 is 31.9 Å². The van der Waals surface area contributed by atoms with Gasteiger partial charge in [-0.2, -0.15) is 0 Å². The molecule has 19 heavy (non-hydrogen) atoms. The number of aromatic hydroxyl groups is 1. The Balaban J connectivity index is 2.19. The molecule has 0 aliphatic carbocycles. The van der Waals surface area contributed by atoms with Crippen LogP contribution in [0.25, 0.3) is 0 Å². The lowest BCUT2D eigenvalue weighted by molar-refractivity contribution is 0.468. The van der Waals surface area contributed by atoms with Crippen LogP contribution in [-0.4, -0.2) is 12.2 Å². The molecule has 0 aliphatic rings. The van der Waals surface area contributed by atoms with Crippen molar-refractivity contribution in [3.63, 3.8) is 0 Å². The van der Waals surface area contributed by atoms with Crippen molar-refractivity contribution < 1.29 is 9.50 Å². The average molecular weight is 389 g/mol. The highest BCUT2D eigenvalue weighted by molar-refractivity contribution is 9.11. The molecule has 1 N–H and O–H groups in total. The highest BCUT2D eigenvalue weighted by Crippen LogP contribution is 2.33. The van der Waals surface area contributed by atoms with Gasteiger partial charge in [-0.05, 0) is 73.8 Å². The molecule has 2 rings (SSSR count). The van der Waals surface area contributed by atoms with Gasteiger partial charge in [0.15, 0.2) is 0 Å². The summed E-state index contributed by atoms with van der Waals surface area (Å²) in [6.45, 7) is 0.656. The molecule has 0 heterocycles. The molecular weight excluding hydrogens is 377 g/mol. The topological polar surface area (TPSA) is 23.5 Å². The largest absolute Gasteiger partial charge is 0.506 e. The van der Waals surface area contributed by atoms with Crippen molar-refractivity contribution in [2.24, 2.45) is 0 Å². The second kappa shape index (κ2) is 5.92. The molecule has 0 fully saturated rings. The summed E-state index contributed by atoms with van der Waals surface area (Å²) in [6, 6.07) is 10.1. The number of benzene rings is 2. The zero-order valence-electron chi connectivity index (χ0n) is 10.2. The molecule has 0 unspecified atom stereocenters. The number of halogens is 3. The molecular formula is C14H12Br2FNO. The zero-order valence-corrected chi connectivity index (χ0v) is 13.4. The lowest BCUT2D eigenvalue weighted by Gasteiger charge is -2.20. The summed E-state index contributed by atoms with van der Waals surface area (Å²) in [6.07, 6.45) is 0. The molecule has 2 nitrogen and oxygen atoms in total. The fraction of sp³-hybridized carbons (Fsp3) is 0.143. The Morgan fingerprint density at radius 1 is 1.11 bits per heavy atom. The van der Waals surface area contributed by atoms with Gasteiger partial charge in [-0.3, -0.25) is 0 Å². The third-order valence-electron chi connectivity index (χ3n) is 2.76. The first-order valence-electron chi connectivity index (χ1n) is 5.61. The Morgan fingerprint density at radius 2 is 1.63 bits per heavy atom. The molecule has 0 aliphatic heterocycles. The van der Waals surface area contributed by atoms with Crippen LogP contribution < -0.4 is 4.90 Å². The third-order valence-corrected chi connectivity index (χ3v) is 3.97. The molecule has 100 valence electrons. The SMILES string of the molecule is CN(Cc1cc(Br)c(O)c(Br)c1)c1ccc(F)cc1. The molecule has 2 aromatic carbocycles. The highest BCUT2D eigenvalue weighted by atomic mass is 79.9. The van der Waals surface area contributed by atoms with Crippen LogP contribution in [0.5, 0.6) is 5.75 Å². The smallest absolute Gasteiger partial charge is 0.143 e. The molecule has 0 aromatic heterocycles. The summed E-state index contributed by atoms with van der Waals surface area (Å²) < 4.78 is 14.2. The number of rotatable bonds is 3. The minimum Gasteiger partial charge on any atom is -0.506 e. The average Bonchev–Trinajstić information content (AvgIpc) is 2.36. The summed E-state index contributed by atoms with van der Waals surface area (Å²) in [5.74, 6) is -0.0551. The van der Waals surface area contributed by atoms with Gasteiger partial charge in [0.2, 0.25) is 0 Å². The van der Waals surface area contributed by atoms with E-state index in [4.69, 9.17) is 0 Å². The number of hydrogen-bond acceptors (Lipinski definition) is 2. The standard InChI is InChI=1S/C14H12Br2FNO/c1-18(11-4-2-10(17)3-5-11)8-9-6-12(15)14(19)13(16)7-9/h2-7,19H,8H2,1H3. The Bertz CT molecular complexity index is 563. The van der Waals surface area contributed by atoms with Crippen LogP contribution in [0, 0.1) is 5.82 Å². The van der Waals surface area contributed by atoms with E-state index in [1.807, 2.05) is 24.1 Å². The minimum absolute atomic E-state index is 0.188. The van der Waals surface area contributed by atoms with E-state index in [9.17, 15) is 9.50 Å². The Labute approximate surface area is 128 Å². The van der Waals surface area contributed by atoms with Gasteiger partial charge in [0.25, 0.3) is 0 Å². The van der Waals surface area contributed by atoms with E-state index in [2.05, 4.69) is 31.9 Å². The van der Waals surface area contributed by atoms with Crippen molar-refractivity contribution in [1.82, 2.24) is 0 Å². The summed E-state index contributed by atoms with van der Waals surface area (Å²) in [7, 11) is 1.93. The fourth-order valence-corrected chi connectivity index (χ4v) is 3.05. The summed E-state index contributed by atoms with van der Waals surface area (Å²) in [4.78, 5) is 2.00. The molecule has 0 radical (unpaired) electrons. The molecule has 5 heteroatoms. The van der Waals surface area contributed by atoms with Crippen LogP contribution in [0.4, 0.5) is 10.1 Å². The van der Waals surface area contributed by atoms with E-state index in [1.54, 1.807) is 12.1 Å². The van der Waals surface area contributed by atoms with E-state index >= 15 is 0 Å². The molecule has 0 bridgehead atoms. The predicted octanol–water partition coefficient (Wildman–Crippen LogP) is 4.69. The van der Waals surface area contributed by atoms with Gasteiger partial charge < -0.3 is 10.0 Å². The van der Waals surface area contributed by atoms with Gasteiger partial charge in [0.1, 0.15) is 11.6 Å². The van der Waals surface area contributed by atoms with Crippen molar-refractivity contribution in [2.75, 3.05) is 11.9 Å². The summed E-state index contributed by atoms with van der Waals surface area (Å²) in [5, 5.41) is 9.66. The molecule has 0 saturated carbocycles. The maximum atomic E-state index is 12.9. The van der Waals surface area contributed by atoms with E-state index < -0.39 is 0 Å². The van der Waals surface area contributed by atoms with Gasteiger partial charge in [-0.15, -0.1) is 0 Å². The number of hydrogen-bond donors (Lipinski definition) is 1. The van der Waals surface area contributed by atoms with Crippen LogP contribution in [0.1, 0.15) is 5.56 Å². The van der Waals surface area contributed by atoms with E-state index in [-0.39, 0.29) is 11.6 Å². The van der Waals surface area contributed by atoms with Crippen LogP contribution in [0.15, 0.2) is 45.3 Å². The van der Waals surface area contributed by atoms with Crippen molar-refractivity contribution in [2.45, 2.75) is 6.54 Å². The van der Waals surface area contributed by atoms with Gasteiger partial charge in [-0.25, -0.2) is 4.39 Å². The van der Waals surface area contributed by atoms with E-state index in [0.29, 0.717) is 15.5 Å². The van der Waals surface area contributed by atoms with E-state index in [0.717, 1.165) is 11.3 Å². The normalized spacial score (nSPS) is 10.5. The summed E-state index contributed by atoms with van der Waals surface area (Å²) >= 11 is 6.61. The second-order valence-electron chi connectivity index (χ2n) is 4.24.